The minimum Gasteiger partial charge on any atom is -0.480 e. The quantitative estimate of drug-likeness (QED) is 0.0593. The van der Waals surface area contributed by atoms with Gasteiger partial charge in [-0.3, -0.25) is 9.59 Å². The minimum absolute atomic E-state index is 0.0387. The standard InChI is InChI=1S/C33H64N2O5/c1-3-5-7-9-10-11-12-13-14-15-16-21-27-32(37)40-29(23-18-8-6-4-2)24-19-17-20-26-31(36)35-30(33(38)39)25-22-28-34/h29-30H,3-28,34H2,1-2H3,(H,35,36)(H,38,39). The number of hydrogen-bond acceptors (Lipinski definition) is 5. The fraction of sp³-hybridized carbons (Fsp3) is 0.909. The van der Waals surface area contributed by atoms with Gasteiger partial charge in [0.25, 0.3) is 0 Å². The van der Waals surface area contributed by atoms with Gasteiger partial charge in [-0.15, -0.1) is 0 Å². The number of unbranched alkanes of at least 4 members (excludes halogenated alkanes) is 16. The van der Waals surface area contributed by atoms with Crippen LogP contribution in [-0.4, -0.2) is 41.6 Å². The molecule has 40 heavy (non-hydrogen) atoms. The van der Waals surface area contributed by atoms with Gasteiger partial charge in [0.1, 0.15) is 12.1 Å². The van der Waals surface area contributed by atoms with E-state index in [2.05, 4.69) is 19.2 Å². The third-order valence-corrected chi connectivity index (χ3v) is 7.67. The van der Waals surface area contributed by atoms with Gasteiger partial charge in [-0.2, -0.15) is 0 Å². The molecule has 0 aromatic carbocycles. The Balaban J connectivity index is 4.11. The number of nitrogens with two attached hydrogens (primary N) is 1. The van der Waals surface area contributed by atoms with E-state index in [4.69, 9.17) is 10.5 Å². The molecule has 236 valence electrons. The van der Waals surface area contributed by atoms with Gasteiger partial charge in [0.15, 0.2) is 0 Å². The summed E-state index contributed by atoms with van der Waals surface area (Å²) in [5.41, 5.74) is 5.45. The predicted molar refractivity (Wildman–Crippen MR) is 165 cm³/mol. The van der Waals surface area contributed by atoms with Gasteiger partial charge in [-0.05, 0) is 57.9 Å². The van der Waals surface area contributed by atoms with Crippen LogP contribution in [0.5, 0.6) is 0 Å². The highest BCUT2D eigenvalue weighted by Crippen LogP contribution is 2.18. The lowest BCUT2D eigenvalue weighted by Crippen LogP contribution is -2.40. The van der Waals surface area contributed by atoms with Crippen molar-refractivity contribution < 1.29 is 24.2 Å². The highest BCUT2D eigenvalue weighted by Gasteiger charge is 2.19. The van der Waals surface area contributed by atoms with Crippen molar-refractivity contribution in [2.24, 2.45) is 5.73 Å². The lowest BCUT2D eigenvalue weighted by Gasteiger charge is -2.18. The predicted octanol–water partition coefficient (Wildman–Crippen LogP) is 8.22. The van der Waals surface area contributed by atoms with Crippen LogP contribution in [0.3, 0.4) is 0 Å². The smallest absolute Gasteiger partial charge is 0.326 e. The summed E-state index contributed by atoms with van der Waals surface area (Å²) in [6.45, 7) is 4.86. The van der Waals surface area contributed by atoms with Gasteiger partial charge < -0.3 is 20.9 Å². The van der Waals surface area contributed by atoms with Crippen LogP contribution in [0.25, 0.3) is 0 Å². The van der Waals surface area contributed by atoms with E-state index in [9.17, 15) is 19.5 Å². The molecule has 0 aliphatic heterocycles. The number of rotatable bonds is 30. The lowest BCUT2D eigenvalue weighted by molar-refractivity contribution is -0.150. The zero-order chi connectivity index (χ0) is 29.7. The van der Waals surface area contributed by atoms with Gasteiger partial charge >= 0.3 is 11.9 Å². The maximum Gasteiger partial charge on any atom is 0.326 e. The fourth-order valence-corrected chi connectivity index (χ4v) is 5.10. The van der Waals surface area contributed by atoms with Crippen LogP contribution >= 0.6 is 0 Å². The largest absolute Gasteiger partial charge is 0.480 e. The highest BCUT2D eigenvalue weighted by atomic mass is 16.5. The summed E-state index contributed by atoms with van der Waals surface area (Å²) in [7, 11) is 0. The first kappa shape index (κ1) is 38.4. The number of carbonyl (C=O) groups excluding carboxylic acids is 2. The molecule has 0 saturated heterocycles. The monoisotopic (exact) mass is 568 g/mol. The fourth-order valence-electron chi connectivity index (χ4n) is 5.10. The Labute approximate surface area is 246 Å². The van der Waals surface area contributed by atoms with Crippen molar-refractivity contribution in [3.63, 3.8) is 0 Å². The average molecular weight is 569 g/mol. The molecule has 1 amide bonds. The topological polar surface area (TPSA) is 119 Å². The van der Waals surface area contributed by atoms with Crippen LogP contribution in [0.1, 0.15) is 174 Å². The Bertz CT molecular complexity index is 614. The molecule has 0 saturated carbocycles. The molecule has 0 aromatic heterocycles. The number of carbonyl (C=O) groups is 3. The van der Waals surface area contributed by atoms with Gasteiger partial charge in [-0.1, -0.05) is 110 Å². The molecule has 0 spiro atoms. The zero-order valence-corrected chi connectivity index (χ0v) is 26.2. The summed E-state index contributed by atoms with van der Waals surface area (Å²) in [5.74, 6) is -1.31. The number of amides is 1. The second kappa shape index (κ2) is 28.9. The summed E-state index contributed by atoms with van der Waals surface area (Å²) >= 11 is 0. The van der Waals surface area contributed by atoms with Gasteiger partial charge in [0, 0.05) is 12.8 Å². The molecule has 0 heterocycles. The number of aliphatic carboxylic acids is 1. The molecular formula is C33H64N2O5. The second-order valence-electron chi connectivity index (χ2n) is 11.6. The van der Waals surface area contributed by atoms with Crippen molar-refractivity contribution in [2.45, 2.75) is 187 Å². The van der Waals surface area contributed by atoms with Crippen LogP contribution in [0.4, 0.5) is 0 Å². The van der Waals surface area contributed by atoms with Crippen LogP contribution in [-0.2, 0) is 19.1 Å². The Morgan fingerprint density at radius 3 is 1.57 bits per heavy atom. The van der Waals surface area contributed by atoms with Crippen molar-refractivity contribution in [2.75, 3.05) is 6.54 Å². The molecular weight excluding hydrogens is 504 g/mol. The average Bonchev–Trinajstić information content (AvgIpc) is 2.93. The Kier molecular flexibility index (Phi) is 27.7. The molecule has 0 aromatic rings. The third kappa shape index (κ3) is 25.3. The molecule has 4 N–H and O–H groups in total. The Hall–Kier alpha value is -1.63. The number of esters is 1. The lowest BCUT2D eigenvalue weighted by atomic mass is 10.0. The first-order valence-electron chi connectivity index (χ1n) is 16.9. The summed E-state index contributed by atoms with van der Waals surface area (Å²) in [6.07, 6.45) is 25.9. The van der Waals surface area contributed by atoms with E-state index >= 15 is 0 Å². The number of nitrogens with one attached hydrogen (secondary N) is 1. The van der Waals surface area contributed by atoms with E-state index < -0.39 is 12.0 Å². The molecule has 0 aliphatic carbocycles. The first-order chi connectivity index (χ1) is 19.4. The normalized spacial score (nSPS) is 12.7. The molecule has 0 aliphatic rings. The molecule has 0 fully saturated rings. The summed E-state index contributed by atoms with van der Waals surface area (Å²) < 4.78 is 5.88. The molecule has 2 unspecified atom stereocenters. The number of carboxylic acid groups (broad SMARTS) is 1. The number of carboxylic acids is 1. The van der Waals surface area contributed by atoms with Crippen LogP contribution in [0.2, 0.25) is 0 Å². The molecule has 0 bridgehead atoms. The minimum atomic E-state index is -1.02. The maximum atomic E-state index is 12.5. The third-order valence-electron chi connectivity index (χ3n) is 7.67. The summed E-state index contributed by atoms with van der Waals surface area (Å²) in [5, 5.41) is 11.9. The van der Waals surface area contributed by atoms with E-state index in [0.717, 1.165) is 44.9 Å². The van der Waals surface area contributed by atoms with Gasteiger partial charge in [-0.25, -0.2) is 4.79 Å². The van der Waals surface area contributed by atoms with Crippen LogP contribution in [0.15, 0.2) is 0 Å². The van der Waals surface area contributed by atoms with E-state index in [0.29, 0.717) is 38.6 Å². The van der Waals surface area contributed by atoms with E-state index in [-0.39, 0.29) is 18.0 Å². The molecule has 2 atom stereocenters. The van der Waals surface area contributed by atoms with Crippen LogP contribution < -0.4 is 11.1 Å². The highest BCUT2D eigenvalue weighted by molar-refractivity contribution is 5.83. The molecule has 7 heteroatoms. The van der Waals surface area contributed by atoms with Crippen molar-refractivity contribution in [3.05, 3.63) is 0 Å². The van der Waals surface area contributed by atoms with Crippen LogP contribution in [0, 0.1) is 0 Å². The number of hydrogen-bond donors (Lipinski definition) is 3. The summed E-state index contributed by atoms with van der Waals surface area (Å²) in [4.78, 5) is 35.9. The van der Waals surface area contributed by atoms with Crippen molar-refractivity contribution in [1.82, 2.24) is 5.32 Å². The maximum absolute atomic E-state index is 12.5. The molecule has 0 radical (unpaired) electrons. The van der Waals surface area contributed by atoms with E-state index in [1.54, 1.807) is 0 Å². The molecule has 7 nitrogen and oxygen atoms in total. The zero-order valence-electron chi connectivity index (χ0n) is 26.2. The van der Waals surface area contributed by atoms with Gasteiger partial charge in [0.2, 0.25) is 5.91 Å². The van der Waals surface area contributed by atoms with Crippen molar-refractivity contribution >= 4 is 17.8 Å². The second-order valence-corrected chi connectivity index (χ2v) is 11.6. The Morgan fingerprint density at radius 2 is 1.07 bits per heavy atom. The summed E-state index contributed by atoms with van der Waals surface area (Å²) in [6, 6.07) is -0.868. The molecule has 0 rings (SSSR count). The van der Waals surface area contributed by atoms with E-state index in [1.807, 2.05) is 0 Å². The Morgan fingerprint density at radius 1 is 0.625 bits per heavy atom. The van der Waals surface area contributed by atoms with E-state index in [1.165, 1.54) is 83.5 Å². The van der Waals surface area contributed by atoms with Gasteiger partial charge in [0.05, 0.1) is 0 Å². The first-order valence-corrected chi connectivity index (χ1v) is 16.9. The SMILES string of the molecule is CCCCCCCCCCCCCCC(=O)OC(CCCCCC)CCCCCC(=O)NC(CCCN)C(=O)O. The van der Waals surface area contributed by atoms with Crippen molar-refractivity contribution in [3.8, 4) is 0 Å². The van der Waals surface area contributed by atoms with Crippen molar-refractivity contribution in [1.29, 1.82) is 0 Å². The number of ether oxygens (including phenoxy) is 1.